The van der Waals surface area contributed by atoms with Crippen LogP contribution in [0.1, 0.15) is 134 Å². The van der Waals surface area contributed by atoms with Gasteiger partial charge in [0.1, 0.15) is 5.60 Å². The van der Waals surface area contributed by atoms with E-state index in [1.807, 2.05) is 19.1 Å². The van der Waals surface area contributed by atoms with Crippen molar-refractivity contribution in [1.82, 2.24) is 4.90 Å². The Morgan fingerprint density at radius 1 is 0.984 bits per heavy atom. The number of hydrogen-bond donors (Lipinski definition) is 3. The highest BCUT2D eigenvalue weighted by Gasteiger charge is 2.68. The SMILES string of the molecule is C=CCN1CC[C@@]23CCCC(=O)[C@@H]2Oc2c(OC(=O)CCCCCCC(=O)OCC(=O)[C@@]4(O)CC[C@H]5[C@@H]6CCC7=CC(=O)CC[C@]7(C)[C@H]6[C@@H](O)C[C@@]54C)ccc(c23)C[C@@H]1CO. The van der Waals surface area contributed by atoms with Gasteiger partial charge in [-0.1, -0.05) is 44.4 Å². The fraction of sp³-hybridized carbons (Fsp3) is 0.694. The molecular weight excluding hydrogens is 779 g/mol. The molecule has 0 unspecified atom stereocenters. The predicted octanol–water partition coefficient (Wildman–Crippen LogP) is 5.83. The molecule has 4 saturated carbocycles. The monoisotopic (exact) mass is 843 g/mol. The molecular formula is C49H65NO11. The van der Waals surface area contributed by atoms with Crippen molar-refractivity contribution in [3.63, 3.8) is 0 Å². The second kappa shape index (κ2) is 17.1. The van der Waals surface area contributed by atoms with Gasteiger partial charge >= 0.3 is 11.9 Å². The highest BCUT2D eigenvalue weighted by Crippen LogP contribution is 2.67. The maximum Gasteiger partial charge on any atom is 0.311 e. The molecule has 0 aromatic heterocycles. The summed E-state index contributed by atoms with van der Waals surface area (Å²) in [6, 6.07) is 3.58. The Morgan fingerprint density at radius 2 is 1.75 bits per heavy atom. The number of fused-ring (bicyclic) bond motifs is 5. The average molecular weight is 844 g/mol. The fourth-order valence-corrected chi connectivity index (χ4v) is 13.6. The van der Waals surface area contributed by atoms with Gasteiger partial charge in [-0.05, 0) is 124 Å². The van der Waals surface area contributed by atoms with Crippen molar-refractivity contribution in [3.8, 4) is 11.5 Å². The van der Waals surface area contributed by atoms with Crippen LogP contribution in [0.5, 0.6) is 11.5 Å². The smallest absolute Gasteiger partial charge is 0.311 e. The highest BCUT2D eigenvalue weighted by atomic mass is 16.6. The van der Waals surface area contributed by atoms with Crippen LogP contribution in [0.25, 0.3) is 0 Å². The van der Waals surface area contributed by atoms with Crippen molar-refractivity contribution in [3.05, 3.63) is 47.6 Å². The number of ether oxygens (including phenoxy) is 3. The normalized spacial score (nSPS) is 36.4. The number of carbonyl (C=O) groups excluding carboxylic acids is 5. The van der Waals surface area contributed by atoms with Crippen LogP contribution in [0.4, 0.5) is 0 Å². The maximum absolute atomic E-state index is 13.7. The van der Waals surface area contributed by atoms with Crippen LogP contribution in [0.2, 0.25) is 0 Å². The van der Waals surface area contributed by atoms with Crippen molar-refractivity contribution in [2.45, 2.75) is 159 Å². The number of esters is 2. The molecule has 8 rings (SSSR count). The van der Waals surface area contributed by atoms with E-state index in [1.54, 1.807) is 12.1 Å². The van der Waals surface area contributed by atoms with Crippen molar-refractivity contribution >= 4 is 29.3 Å². The lowest BCUT2D eigenvalue weighted by atomic mass is 9.45. The number of ketones is 3. The summed E-state index contributed by atoms with van der Waals surface area (Å²) in [5.74, 6) is -0.275. The second-order valence-corrected chi connectivity index (χ2v) is 19.9. The van der Waals surface area contributed by atoms with E-state index < -0.39 is 53.0 Å². The molecule has 5 aliphatic carbocycles. The summed E-state index contributed by atoms with van der Waals surface area (Å²) in [5.41, 5.74) is -0.224. The number of aliphatic hydroxyl groups is 3. The number of carbonyl (C=O) groups is 5. The number of benzene rings is 1. The molecule has 1 aromatic rings. The summed E-state index contributed by atoms with van der Waals surface area (Å²) in [5, 5.41) is 34.0. The molecule has 1 aromatic carbocycles. The quantitative estimate of drug-likeness (QED) is 0.0887. The zero-order valence-electron chi connectivity index (χ0n) is 36.1. The Balaban J connectivity index is 0.800. The number of hydrogen-bond acceptors (Lipinski definition) is 12. The van der Waals surface area contributed by atoms with Crippen LogP contribution in [-0.4, -0.2) is 99.7 Å². The van der Waals surface area contributed by atoms with Crippen LogP contribution in [0.3, 0.4) is 0 Å². The number of allylic oxidation sites excluding steroid dienone is 1. The van der Waals surface area contributed by atoms with Gasteiger partial charge in [0.2, 0.25) is 5.78 Å². The van der Waals surface area contributed by atoms with Crippen LogP contribution >= 0.6 is 0 Å². The van der Waals surface area contributed by atoms with E-state index in [0.29, 0.717) is 88.8 Å². The topological polar surface area (TPSA) is 177 Å². The lowest BCUT2D eigenvalue weighted by Gasteiger charge is -2.60. The van der Waals surface area contributed by atoms with Crippen molar-refractivity contribution in [2.24, 2.45) is 28.6 Å². The Labute approximate surface area is 359 Å². The first kappa shape index (κ1) is 43.9. The molecule has 12 nitrogen and oxygen atoms in total. The van der Waals surface area contributed by atoms with E-state index in [1.165, 1.54) is 0 Å². The minimum Gasteiger partial charge on any atom is -0.477 e. The molecule has 7 aliphatic rings. The van der Waals surface area contributed by atoms with Crippen molar-refractivity contribution in [2.75, 3.05) is 26.3 Å². The molecule has 3 N–H and O–H groups in total. The third kappa shape index (κ3) is 7.54. The second-order valence-electron chi connectivity index (χ2n) is 19.9. The lowest BCUT2D eigenvalue weighted by molar-refractivity contribution is -0.184. The number of rotatable bonds is 14. The first-order valence-electron chi connectivity index (χ1n) is 23.0. The zero-order valence-corrected chi connectivity index (χ0v) is 36.1. The first-order chi connectivity index (χ1) is 29.2. The number of nitrogens with zero attached hydrogens (tertiary/aromatic N) is 1. The van der Waals surface area contributed by atoms with Gasteiger partial charge in [-0.25, -0.2) is 0 Å². The number of Topliss-reactive ketones (excluding diaryl/α,β-unsaturated/α-hetero) is 2. The maximum atomic E-state index is 13.7. The minimum absolute atomic E-state index is 0.0143. The zero-order chi connectivity index (χ0) is 43.3. The lowest BCUT2D eigenvalue weighted by Crippen LogP contribution is -2.62. The van der Waals surface area contributed by atoms with Crippen LogP contribution in [0.15, 0.2) is 36.4 Å². The van der Waals surface area contributed by atoms with Gasteiger partial charge in [-0.15, -0.1) is 6.58 Å². The molecule has 4 fully saturated rings. The molecule has 61 heavy (non-hydrogen) atoms. The molecule has 0 amide bonds. The Hall–Kier alpha value is -3.71. The summed E-state index contributed by atoms with van der Waals surface area (Å²) in [7, 11) is 0. The standard InChI is InChI=1S/C49H65NO11/c1-4-23-50-24-22-48-19-9-10-36(53)45(48)61-44-38(16-13-30(42(44)48)25-32(50)28-51)60-41(57)12-8-6-5-7-11-40(56)59-29-39(55)49(58)21-18-35-34-15-14-31-26-33(52)17-20-46(31,2)43(34)37(54)27-47(35,49)3/h4,13,16,26,32,34-35,37,43,45,51,54,58H,1,5-12,14-15,17-25,27-29H2,2-3H3/t32-,34+,35+,37+,43-,45+,46+,47+,48-,49+/m1/s1. The Kier molecular flexibility index (Phi) is 12.3. The molecule has 332 valence electrons. The van der Waals surface area contributed by atoms with E-state index >= 15 is 0 Å². The summed E-state index contributed by atoms with van der Waals surface area (Å²) < 4.78 is 17.8. The first-order valence-corrected chi connectivity index (χ1v) is 23.0. The molecule has 0 saturated heterocycles. The van der Waals surface area contributed by atoms with Crippen LogP contribution in [-0.2, 0) is 40.5 Å². The van der Waals surface area contributed by atoms with E-state index in [0.717, 1.165) is 42.4 Å². The Bertz CT molecular complexity index is 1980. The third-order valence-electron chi connectivity index (χ3n) is 16.8. The van der Waals surface area contributed by atoms with Crippen LogP contribution in [0, 0.1) is 28.6 Å². The van der Waals surface area contributed by atoms with E-state index in [-0.39, 0.29) is 73.1 Å². The Morgan fingerprint density at radius 3 is 2.51 bits per heavy atom. The fourth-order valence-electron chi connectivity index (χ4n) is 13.6. The molecule has 10 atom stereocenters. The van der Waals surface area contributed by atoms with Gasteiger partial charge in [0, 0.05) is 54.7 Å². The van der Waals surface area contributed by atoms with Crippen LogP contribution < -0.4 is 9.47 Å². The average Bonchev–Trinajstić information content (AvgIpc) is 3.72. The molecule has 0 radical (unpaired) electrons. The largest absolute Gasteiger partial charge is 0.477 e. The number of unbranched alkanes of at least 4 members (excludes halogenated alkanes) is 3. The van der Waals surface area contributed by atoms with Crippen molar-refractivity contribution in [1.29, 1.82) is 0 Å². The van der Waals surface area contributed by atoms with Gasteiger partial charge in [-0.2, -0.15) is 0 Å². The summed E-state index contributed by atoms with van der Waals surface area (Å²) in [4.78, 5) is 67.3. The van der Waals surface area contributed by atoms with E-state index in [9.17, 15) is 39.3 Å². The highest BCUT2D eigenvalue weighted by molar-refractivity contribution is 5.92. The van der Waals surface area contributed by atoms with Gasteiger partial charge < -0.3 is 29.5 Å². The predicted molar refractivity (Wildman–Crippen MR) is 225 cm³/mol. The molecule has 1 spiro atoms. The molecule has 12 heteroatoms. The molecule has 0 bridgehead atoms. The summed E-state index contributed by atoms with van der Waals surface area (Å²) in [6.07, 6.45) is 12.3. The van der Waals surface area contributed by atoms with Gasteiger partial charge in [0.15, 0.2) is 35.8 Å². The number of aliphatic hydroxyl groups excluding tert-OH is 2. The third-order valence-corrected chi connectivity index (χ3v) is 16.8. The van der Waals surface area contributed by atoms with Crippen molar-refractivity contribution < 1.29 is 53.5 Å². The summed E-state index contributed by atoms with van der Waals surface area (Å²) >= 11 is 0. The van der Waals surface area contributed by atoms with Gasteiger partial charge in [-0.3, -0.25) is 28.9 Å². The summed E-state index contributed by atoms with van der Waals surface area (Å²) in [6.45, 7) is 8.79. The van der Waals surface area contributed by atoms with E-state index in [2.05, 4.69) is 18.4 Å². The van der Waals surface area contributed by atoms with E-state index in [4.69, 9.17) is 14.2 Å². The molecule has 2 heterocycles. The minimum atomic E-state index is -1.70. The molecule has 2 aliphatic heterocycles. The van der Waals surface area contributed by atoms with Gasteiger partial charge in [0.25, 0.3) is 0 Å². The van der Waals surface area contributed by atoms with Gasteiger partial charge in [0.05, 0.1) is 12.7 Å².